The molecule has 6 heteroatoms. The molecule has 226 valence electrons. The number of aromatic amines is 2. The molecule has 6 nitrogen and oxygen atoms in total. The van der Waals surface area contributed by atoms with Crippen LogP contribution in [0.2, 0.25) is 0 Å². The fourth-order valence-corrected chi connectivity index (χ4v) is 7.46. The van der Waals surface area contributed by atoms with Gasteiger partial charge in [0.1, 0.15) is 5.36 Å². The van der Waals surface area contributed by atoms with Crippen molar-refractivity contribution in [3.05, 3.63) is 67.8 Å². The first kappa shape index (κ1) is 30.5. The van der Waals surface area contributed by atoms with Gasteiger partial charge in [0, 0.05) is 34.2 Å². The van der Waals surface area contributed by atoms with Gasteiger partial charge in [0.25, 0.3) is 0 Å². The molecule has 0 saturated heterocycles. The number of carbonyl (C=O) groups excluding carboxylic acids is 1. The Labute approximate surface area is 255 Å². The Hall–Kier alpha value is -3.93. The number of aryl methyl sites for hydroxylation is 8. The van der Waals surface area contributed by atoms with Gasteiger partial charge in [-0.15, -0.1) is 0 Å². The average Bonchev–Trinajstić information content (AvgIpc) is 3.82. The fourth-order valence-electron chi connectivity index (χ4n) is 7.46. The molecule has 0 unspecified atom stereocenters. The van der Waals surface area contributed by atoms with Crippen LogP contribution in [0.3, 0.4) is 0 Å². The third-order valence-electron chi connectivity index (χ3n) is 9.31. The lowest BCUT2D eigenvalue weighted by atomic mass is 10.0. The van der Waals surface area contributed by atoms with Crippen LogP contribution in [-0.4, -0.2) is 25.9 Å². The smallest absolute Gasteiger partial charge is 0.233 e. The molecule has 0 spiro atoms. The maximum absolute atomic E-state index is 12.3. The van der Waals surface area contributed by atoms with Crippen molar-refractivity contribution in [1.29, 1.82) is 0 Å². The van der Waals surface area contributed by atoms with E-state index in [2.05, 4.69) is 99.2 Å². The Kier molecular flexibility index (Phi) is 9.05. The highest BCUT2D eigenvalue weighted by Gasteiger charge is 2.22. The second-order valence-electron chi connectivity index (χ2n) is 11.2. The van der Waals surface area contributed by atoms with E-state index in [-0.39, 0.29) is 0 Å². The van der Waals surface area contributed by atoms with Gasteiger partial charge >= 0.3 is 0 Å². The third-order valence-corrected chi connectivity index (χ3v) is 9.31. The van der Waals surface area contributed by atoms with Crippen molar-refractivity contribution in [2.75, 3.05) is 0 Å². The summed E-state index contributed by atoms with van der Waals surface area (Å²) in [6.07, 6.45) is 11.2. The SMILES string of the molecule is CCc1c2nc(c(CC)c3c(CC)c(CC)c(c(=NC=O)c4[nH]c(c(CC)c4CC)c(CC)c4ccc1[nH]4)n3CC)C=C2. The molecule has 0 aliphatic carbocycles. The third kappa shape index (κ3) is 4.85. The van der Waals surface area contributed by atoms with Gasteiger partial charge in [0.15, 0.2) is 0 Å². The van der Waals surface area contributed by atoms with Gasteiger partial charge in [-0.1, -0.05) is 48.5 Å². The van der Waals surface area contributed by atoms with E-state index in [9.17, 15) is 4.79 Å². The van der Waals surface area contributed by atoms with E-state index in [1.165, 1.54) is 44.5 Å². The van der Waals surface area contributed by atoms with Crippen molar-refractivity contribution in [3.8, 4) is 0 Å². The van der Waals surface area contributed by atoms with Crippen LogP contribution in [0.4, 0.5) is 0 Å². The summed E-state index contributed by atoms with van der Waals surface area (Å²) >= 11 is 0. The summed E-state index contributed by atoms with van der Waals surface area (Å²) in [5.74, 6) is 0. The molecular weight excluding hydrogens is 530 g/mol. The summed E-state index contributed by atoms with van der Waals surface area (Å²) in [4.78, 5) is 29.9. The molecule has 1 aliphatic rings. The highest BCUT2D eigenvalue weighted by molar-refractivity contribution is 5.87. The monoisotopic (exact) mass is 577 g/mol. The number of hydrogen-bond donors (Lipinski definition) is 2. The zero-order valence-corrected chi connectivity index (χ0v) is 27.3. The van der Waals surface area contributed by atoms with E-state index >= 15 is 0 Å². The summed E-state index contributed by atoms with van der Waals surface area (Å²) in [6, 6.07) is 4.41. The van der Waals surface area contributed by atoms with Gasteiger partial charge in [-0.2, -0.15) is 0 Å². The van der Waals surface area contributed by atoms with Gasteiger partial charge in [0.05, 0.1) is 27.9 Å². The number of nitrogens with zero attached hydrogens (tertiary/aromatic N) is 3. The van der Waals surface area contributed by atoms with Gasteiger partial charge in [-0.3, -0.25) is 4.79 Å². The van der Waals surface area contributed by atoms with Crippen LogP contribution in [0, 0.1) is 0 Å². The minimum atomic E-state index is 0.719. The molecule has 0 aromatic carbocycles. The summed E-state index contributed by atoms with van der Waals surface area (Å²) in [5, 5.41) is 0.746. The second-order valence-corrected chi connectivity index (χ2v) is 11.2. The number of amides is 1. The minimum Gasteiger partial charge on any atom is -0.355 e. The zero-order chi connectivity index (χ0) is 30.8. The van der Waals surface area contributed by atoms with E-state index in [1.807, 2.05) is 0 Å². The van der Waals surface area contributed by atoms with E-state index in [0.29, 0.717) is 0 Å². The second kappa shape index (κ2) is 12.7. The lowest BCUT2D eigenvalue weighted by molar-refractivity contribution is -0.107. The number of carbonyl (C=O) groups is 1. The van der Waals surface area contributed by atoms with Gasteiger partial charge in [-0.25, -0.2) is 9.98 Å². The quantitative estimate of drug-likeness (QED) is 0.173. The van der Waals surface area contributed by atoms with Crippen molar-refractivity contribution in [2.24, 2.45) is 4.99 Å². The van der Waals surface area contributed by atoms with E-state index in [0.717, 1.165) is 102 Å². The number of rotatable bonds is 9. The van der Waals surface area contributed by atoms with Crippen LogP contribution in [0.1, 0.15) is 106 Å². The normalized spacial score (nSPS) is 12.6. The predicted molar refractivity (Wildman–Crippen MR) is 182 cm³/mol. The van der Waals surface area contributed by atoms with Crippen LogP contribution in [0.25, 0.3) is 45.3 Å². The maximum atomic E-state index is 12.3. The first-order valence-corrected chi connectivity index (χ1v) is 16.4. The number of nitrogens with one attached hydrogen (secondary N) is 2. The average molecular weight is 578 g/mol. The highest BCUT2D eigenvalue weighted by atomic mass is 16.1. The molecule has 4 aromatic rings. The van der Waals surface area contributed by atoms with Gasteiger partial charge in [-0.05, 0) is 104 Å². The van der Waals surface area contributed by atoms with Crippen molar-refractivity contribution in [3.63, 3.8) is 0 Å². The van der Waals surface area contributed by atoms with Crippen molar-refractivity contribution >= 4 is 51.7 Å². The van der Waals surface area contributed by atoms with Crippen molar-refractivity contribution in [1.82, 2.24) is 19.5 Å². The first-order chi connectivity index (χ1) is 21.0. The predicted octanol–water partition coefficient (Wildman–Crippen LogP) is 8.18. The summed E-state index contributed by atoms with van der Waals surface area (Å²) < 4.78 is 2.41. The van der Waals surface area contributed by atoms with E-state index < -0.39 is 0 Å². The zero-order valence-electron chi connectivity index (χ0n) is 27.3. The molecule has 0 radical (unpaired) electrons. The van der Waals surface area contributed by atoms with Gasteiger partial charge < -0.3 is 14.5 Å². The molecule has 5 heterocycles. The molecule has 1 aliphatic heterocycles. The van der Waals surface area contributed by atoms with E-state index in [4.69, 9.17) is 4.98 Å². The summed E-state index contributed by atoms with van der Waals surface area (Å²) in [5.41, 5.74) is 17.5. The molecule has 0 saturated carbocycles. The molecule has 0 atom stereocenters. The summed E-state index contributed by atoms with van der Waals surface area (Å²) in [7, 11) is 0. The molecule has 4 aromatic heterocycles. The van der Waals surface area contributed by atoms with Crippen LogP contribution >= 0.6 is 0 Å². The highest BCUT2D eigenvalue weighted by Crippen LogP contribution is 2.33. The summed E-state index contributed by atoms with van der Waals surface area (Å²) in [6.45, 7) is 18.5. The Morgan fingerprint density at radius 2 is 1.14 bits per heavy atom. The Morgan fingerprint density at radius 1 is 0.628 bits per heavy atom. The topological polar surface area (TPSA) is 78.8 Å². The van der Waals surface area contributed by atoms with Gasteiger partial charge in [0.2, 0.25) is 6.41 Å². The van der Waals surface area contributed by atoms with Crippen molar-refractivity contribution < 1.29 is 4.79 Å². The number of aromatic nitrogens is 4. The molecule has 8 bridgehead atoms. The Balaban J connectivity index is 2.27. The van der Waals surface area contributed by atoms with Crippen LogP contribution in [-0.2, 0) is 56.3 Å². The largest absolute Gasteiger partial charge is 0.355 e. The lowest BCUT2D eigenvalue weighted by Gasteiger charge is -2.09. The standard InChI is InChI=1S/C37H47N5O/c1-9-22-23(10-2)34-35(38-21-43)37-25(12-4)24(11-3)36(42(37)16-8)28(15-7)32-20-18-30(40-32)26(13-5)29-17-19-31(39-29)27(14-6)33(22)41-34/h17-21,39,41H,9-16H2,1-8H3. The molecule has 0 fully saturated rings. The molecule has 5 rings (SSSR count). The Morgan fingerprint density at radius 3 is 1.67 bits per heavy atom. The number of fused-ring (bicyclic) bond motifs is 8. The molecular formula is C37H47N5O. The lowest BCUT2D eigenvalue weighted by Crippen LogP contribution is -2.12. The molecule has 1 amide bonds. The fraction of sp³-hybridized carbons (Fsp3) is 0.432. The van der Waals surface area contributed by atoms with Crippen LogP contribution in [0.15, 0.2) is 17.1 Å². The molecule has 43 heavy (non-hydrogen) atoms. The molecule has 2 N–H and O–H groups in total. The Bertz CT molecular complexity index is 1930. The maximum Gasteiger partial charge on any atom is 0.233 e. The number of hydrogen-bond acceptors (Lipinski definition) is 2. The van der Waals surface area contributed by atoms with Crippen LogP contribution < -0.4 is 5.36 Å². The number of H-pyrrole nitrogens is 2. The van der Waals surface area contributed by atoms with E-state index in [1.54, 1.807) is 0 Å². The van der Waals surface area contributed by atoms with Crippen molar-refractivity contribution in [2.45, 2.75) is 107 Å². The first-order valence-electron chi connectivity index (χ1n) is 16.4. The minimum absolute atomic E-state index is 0.719. The van der Waals surface area contributed by atoms with Crippen LogP contribution in [0.5, 0.6) is 0 Å².